The summed E-state index contributed by atoms with van der Waals surface area (Å²) < 4.78 is 24.7. The Labute approximate surface area is 105 Å². The van der Waals surface area contributed by atoms with Crippen molar-refractivity contribution in [2.45, 2.75) is 32.7 Å². The summed E-state index contributed by atoms with van der Waals surface area (Å²) in [6.45, 7) is 2.83. The molecular formula is C13H17F2NO2. The SMILES string of the molecule is CC(C)N(CC(F)F)C(=O)Cc1cccc(O)c1. The molecule has 0 radical (unpaired) electrons. The number of carbonyl (C=O) groups is 1. The first-order valence-electron chi connectivity index (χ1n) is 5.75. The molecule has 0 unspecified atom stereocenters. The predicted molar refractivity (Wildman–Crippen MR) is 64.7 cm³/mol. The van der Waals surface area contributed by atoms with Gasteiger partial charge in [0.2, 0.25) is 5.91 Å². The number of hydrogen-bond donors (Lipinski definition) is 1. The van der Waals surface area contributed by atoms with Crippen LogP contribution >= 0.6 is 0 Å². The molecule has 0 atom stereocenters. The fourth-order valence-electron chi connectivity index (χ4n) is 1.69. The average molecular weight is 257 g/mol. The van der Waals surface area contributed by atoms with E-state index < -0.39 is 13.0 Å². The Hall–Kier alpha value is -1.65. The molecule has 0 aliphatic carbocycles. The number of phenols is 1. The molecular weight excluding hydrogens is 240 g/mol. The zero-order chi connectivity index (χ0) is 13.7. The van der Waals surface area contributed by atoms with Crippen LogP contribution in [0.2, 0.25) is 0 Å². The second kappa shape index (κ2) is 6.33. The topological polar surface area (TPSA) is 40.5 Å². The number of alkyl halides is 2. The number of benzene rings is 1. The van der Waals surface area contributed by atoms with Crippen molar-refractivity contribution < 1.29 is 18.7 Å². The zero-order valence-electron chi connectivity index (χ0n) is 10.4. The van der Waals surface area contributed by atoms with E-state index in [1.165, 1.54) is 12.1 Å². The van der Waals surface area contributed by atoms with Crippen molar-refractivity contribution in [2.75, 3.05) is 6.54 Å². The van der Waals surface area contributed by atoms with Gasteiger partial charge in [0, 0.05) is 6.04 Å². The van der Waals surface area contributed by atoms with Gasteiger partial charge in [0.1, 0.15) is 5.75 Å². The minimum atomic E-state index is -2.54. The van der Waals surface area contributed by atoms with Crippen LogP contribution in [0.25, 0.3) is 0 Å². The number of nitrogens with zero attached hydrogens (tertiary/aromatic N) is 1. The van der Waals surface area contributed by atoms with Gasteiger partial charge in [0.05, 0.1) is 13.0 Å². The molecule has 1 N–H and O–H groups in total. The van der Waals surface area contributed by atoms with Gasteiger partial charge in [-0.1, -0.05) is 12.1 Å². The normalized spacial score (nSPS) is 11.0. The molecule has 0 heterocycles. The minimum Gasteiger partial charge on any atom is -0.508 e. The van der Waals surface area contributed by atoms with Gasteiger partial charge < -0.3 is 10.0 Å². The molecule has 0 aliphatic rings. The quantitative estimate of drug-likeness (QED) is 0.880. The van der Waals surface area contributed by atoms with Gasteiger partial charge in [-0.3, -0.25) is 4.79 Å². The van der Waals surface area contributed by atoms with E-state index in [2.05, 4.69) is 0 Å². The molecule has 100 valence electrons. The lowest BCUT2D eigenvalue weighted by molar-refractivity contribution is -0.134. The Bertz CT molecular complexity index is 408. The zero-order valence-corrected chi connectivity index (χ0v) is 10.4. The molecule has 0 saturated heterocycles. The van der Waals surface area contributed by atoms with E-state index in [1.54, 1.807) is 26.0 Å². The second-order valence-electron chi connectivity index (χ2n) is 4.38. The van der Waals surface area contributed by atoms with Crippen molar-refractivity contribution >= 4 is 5.91 Å². The maximum Gasteiger partial charge on any atom is 0.255 e. The van der Waals surface area contributed by atoms with E-state index in [0.29, 0.717) is 5.56 Å². The highest BCUT2D eigenvalue weighted by Gasteiger charge is 2.21. The van der Waals surface area contributed by atoms with Crippen molar-refractivity contribution in [3.8, 4) is 5.75 Å². The third-order valence-corrected chi connectivity index (χ3v) is 2.54. The highest BCUT2D eigenvalue weighted by atomic mass is 19.3. The predicted octanol–water partition coefficient (Wildman–Crippen LogP) is 2.44. The lowest BCUT2D eigenvalue weighted by Gasteiger charge is -2.26. The molecule has 1 aromatic rings. The molecule has 18 heavy (non-hydrogen) atoms. The highest BCUT2D eigenvalue weighted by molar-refractivity contribution is 5.79. The number of rotatable bonds is 5. The van der Waals surface area contributed by atoms with Crippen molar-refractivity contribution in [3.05, 3.63) is 29.8 Å². The molecule has 0 spiro atoms. The fourth-order valence-corrected chi connectivity index (χ4v) is 1.69. The lowest BCUT2D eigenvalue weighted by Crippen LogP contribution is -2.41. The standard InChI is InChI=1S/C13H17F2NO2/c1-9(2)16(8-12(14)15)13(18)7-10-4-3-5-11(17)6-10/h3-6,9,12,17H,7-8H2,1-2H3. The first kappa shape index (κ1) is 14.4. The summed E-state index contributed by atoms with van der Waals surface area (Å²) >= 11 is 0. The van der Waals surface area contributed by atoms with Crippen molar-refractivity contribution in [2.24, 2.45) is 0 Å². The monoisotopic (exact) mass is 257 g/mol. The number of phenolic OH excluding ortho intramolecular Hbond substituents is 1. The van der Waals surface area contributed by atoms with Crippen LogP contribution in [-0.2, 0) is 11.2 Å². The Morgan fingerprint density at radius 3 is 2.56 bits per heavy atom. The van der Waals surface area contributed by atoms with Crippen molar-refractivity contribution in [3.63, 3.8) is 0 Å². The van der Waals surface area contributed by atoms with Gasteiger partial charge in [-0.05, 0) is 31.5 Å². The van der Waals surface area contributed by atoms with Crippen molar-refractivity contribution in [1.29, 1.82) is 0 Å². The number of carbonyl (C=O) groups excluding carboxylic acids is 1. The fraction of sp³-hybridized carbons (Fsp3) is 0.462. The van der Waals surface area contributed by atoms with E-state index in [1.807, 2.05) is 0 Å². The maximum atomic E-state index is 12.4. The average Bonchev–Trinajstić information content (AvgIpc) is 2.25. The van der Waals surface area contributed by atoms with Crippen LogP contribution in [0.15, 0.2) is 24.3 Å². The summed E-state index contributed by atoms with van der Waals surface area (Å²) in [6, 6.07) is 5.97. The Morgan fingerprint density at radius 1 is 1.39 bits per heavy atom. The summed E-state index contributed by atoms with van der Waals surface area (Å²) in [4.78, 5) is 13.1. The summed E-state index contributed by atoms with van der Waals surface area (Å²) in [5.74, 6) is -0.304. The van der Waals surface area contributed by atoms with Crippen LogP contribution in [0.5, 0.6) is 5.75 Å². The molecule has 1 aromatic carbocycles. The minimum absolute atomic E-state index is 0.0132. The van der Waals surface area contributed by atoms with Gasteiger partial charge >= 0.3 is 0 Å². The molecule has 0 fully saturated rings. The Morgan fingerprint density at radius 2 is 2.06 bits per heavy atom. The summed E-state index contributed by atoms with van der Waals surface area (Å²) in [5, 5.41) is 9.27. The highest BCUT2D eigenvalue weighted by Crippen LogP contribution is 2.13. The smallest absolute Gasteiger partial charge is 0.255 e. The Balaban J connectivity index is 2.72. The number of aromatic hydroxyl groups is 1. The van der Waals surface area contributed by atoms with Crippen LogP contribution in [0.1, 0.15) is 19.4 Å². The van der Waals surface area contributed by atoms with E-state index >= 15 is 0 Å². The van der Waals surface area contributed by atoms with Crippen LogP contribution in [0.3, 0.4) is 0 Å². The summed E-state index contributed by atoms with van der Waals surface area (Å²) in [6.07, 6.45) is -2.53. The molecule has 3 nitrogen and oxygen atoms in total. The number of halogens is 2. The van der Waals surface area contributed by atoms with E-state index in [0.717, 1.165) is 4.90 Å². The molecule has 0 aromatic heterocycles. The summed E-state index contributed by atoms with van der Waals surface area (Å²) in [5.41, 5.74) is 0.611. The lowest BCUT2D eigenvalue weighted by atomic mass is 10.1. The first-order valence-corrected chi connectivity index (χ1v) is 5.75. The van der Waals surface area contributed by atoms with Gasteiger partial charge in [-0.2, -0.15) is 0 Å². The molecule has 5 heteroatoms. The maximum absolute atomic E-state index is 12.4. The third-order valence-electron chi connectivity index (χ3n) is 2.54. The first-order chi connectivity index (χ1) is 8.40. The molecule has 0 saturated carbocycles. The summed E-state index contributed by atoms with van der Waals surface area (Å²) in [7, 11) is 0. The largest absolute Gasteiger partial charge is 0.508 e. The van der Waals surface area contributed by atoms with Gasteiger partial charge in [-0.25, -0.2) is 8.78 Å². The van der Waals surface area contributed by atoms with Crippen LogP contribution in [0, 0.1) is 0 Å². The second-order valence-corrected chi connectivity index (χ2v) is 4.38. The molecule has 1 rings (SSSR count). The van der Waals surface area contributed by atoms with Crippen LogP contribution < -0.4 is 0 Å². The van der Waals surface area contributed by atoms with Crippen LogP contribution in [0.4, 0.5) is 8.78 Å². The molecule has 0 aliphatic heterocycles. The van der Waals surface area contributed by atoms with Crippen LogP contribution in [-0.4, -0.2) is 34.9 Å². The van der Waals surface area contributed by atoms with Crippen molar-refractivity contribution in [1.82, 2.24) is 4.90 Å². The van der Waals surface area contributed by atoms with E-state index in [-0.39, 0.29) is 24.1 Å². The molecule has 0 bridgehead atoms. The Kier molecular flexibility index (Phi) is 5.07. The van der Waals surface area contributed by atoms with Gasteiger partial charge in [0.15, 0.2) is 0 Å². The van der Waals surface area contributed by atoms with E-state index in [9.17, 15) is 18.7 Å². The molecule has 1 amide bonds. The van der Waals surface area contributed by atoms with Gasteiger partial charge in [0.25, 0.3) is 6.43 Å². The number of amides is 1. The van der Waals surface area contributed by atoms with Gasteiger partial charge in [-0.15, -0.1) is 0 Å². The number of hydrogen-bond acceptors (Lipinski definition) is 2. The third kappa shape index (κ3) is 4.31. The van der Waals surface area contributed by atoms with E-state index in [4.69, 9.17) is 0 Å².